The Kier molecular flexibility index (Phi) is 7.92. The fraction of sp³-hybridized carbons (Fsp3) is 0. The van der Waals surface area contributed by atoms with E-state index in [1.165, 1.54) is 27.8 Å². The van der Waals surface area contributed by atoms with Gasteiger partial charge in [-0.05, 0) is 68.8 Å². The van der Waals surface area contributed by atoms with Gasteiger partial charge in [-0.25, -0.2) is 15.0 Å². The molecule has 7 aromatic carbocycles. The minimum Gasteiger partial charge on any atom is -0.208 e. The van der Waals surface area contributed by atoms with Crippen LogP contribution in [0.3, 0.4) is 0 Å². The summed E-state index contributed by atoms with van der Waals surface area (Å²) < 4.78 is 0. The van der Waals surface area contributed by atoms with Crippen molar-refractivity contribution in [3.8, 4) is 78.7 Å². The highest BCUT2D eigenvalue weighted by Crippen LogP contribution is 2.35. The van der Waals surface area contributed by atoms with Gasteiger partial charge in [-0.2, -0.15) is 0 Å². The summed E-state index contributed by atoms with van der Waals surface area (Å²) in [6, 6.07) is 65.3. The molecule has 0 N–H and O–H groups in total. The smallest absolute Gasteiger partial charge is 0.164 e. The topological polar surface area (TPSA) is 38.7 Å². The van der Waals surface area contributed by atoms with Crippen molar-refractivity contribution in [3.05, 3.63) is 188 Å². The summed E-state index contributed by atoms with van der Waals surface area (Å²) in [7, 11) is 0. The lowest BCUT2D eigenvalue weighted by atomic mass is 9.93. The van der Waals surface area contributed by atoms with E-state index >= 15 is 0 Å². The van der Waals surface area contributed by atoms with Crippen LogP contribution in [-0.4, -0.2) is 15.0 Å². The summed E-state index contributed by atoms with van der Waals surface area (Å²) in [5.74, 6) is 1.92. The third kappa shape index (κ3) is 6.18. The second-order valence-corrected chi connectivity index (χ2v) is 11.7. The predicted molar refractivity (Wildman–Crippen MR) is 198 cm³/mol. The van der Waals surface area contributed by atoms with Crippen LogP contribution < -0.4 is 0 Å². The number of hydrogen-bond donors (Lipinski definition) is 0. The van der Waals surface area contributed by atoms with Gasteiger partial charge in [0.15, 0.2) is 17.5 Å². The summed E-state index contributed by atoms with van der Waals surface area (Å²) in [6.07, 6.45) is 0. The molecule has 3 heteroatoms. The normalized spacial score (nSPS) is 10.9. The van der Waals surface area contributed by atoms with E-state index in [0.717, 1.165) is 33.4 Å². The van der Waals surface area contributed by atoms with Gasteiger partial charge < -0.3 is 0 Å². The molecule has 0 unspecified atom stereocenters. The molecular weight excluding hydrogens is 583 g/mol. The number of hydrogen-bond acceptors (Lipinski definition) is 3. The van der Waals surface area contributed by atoms with Gasteiger partial charge in [0.25, 0.3) is 0 Å². The zero-order chi connectivity index (χ0) is 32.1. The van der Waals surface area contributed by atoms with Crippen LogP contribution in [-0.2, 0) is 0 Å². The maximum absolute atomic E-state index is 5.04. The van der Waals surface area contributed by atoms with Crippen LogP contribution in [0.5, 0.6) is 0 Å². The van der Waals surface area contributed by atoms with Gasteiger partial charge >= 0.3 is 0 Å². The average molecular weight is 614 g/mol. The molecule has 0 aliphatic heterocycles. The lowest BCUT2D eigenvalue weighted by molar-refractivity contribution is 1.07. The van der Waals surface area contributed by atoms with Crippen LogP contribution in [0.25, 0.3) is 78.7 Å². The highest BCUT2D eigenvalue weighted by atomic mass is 15.0. The summed E-state index contributed by atoms with van der Waals surface area (Å²) in [4.78, 5) is 15.0. The second-order valence-electron chi connectivity index (χ2n) is 11.7. The number of benzene rings is 7. The largest absolute Gasteiger partial charge is 0.208 e. The molecule has 3 nitrogen and oxygen atoms in total. The molecule has 48 heavy (non-hydrogen) atoms. The first-order valence-corrected chi connectivity index (χ1v) is 16.1. The highest BCUT2D eigenvalue weighted by Gasteiger charge is 2.14. The van der Waals surface area contributed by atoms with Crippen molar-refractivity contribution in [3.63, 3.8) is 0 Å². The third-order valence-electron chi connectivity index (χ3n) is 8.52. The zero-order valence-electron chi connectivity index (χ0n) is 26.2. The average Bonchev–Trinajstić information content (AvgIpc) is 3.19. The molecule has 0 fully saturated rings. The Hall–Kier alpha value is -6.45. The summed E-state index contributed by atoms with van der Waals surface area (Å²) >= 11 is 0. The fourth-order valence-corrected chi connectivity index (χ4v) is 6.02. The molecular formula is C45H31N3. The van der Waals surface area contributed by atoms with Gasteiger partial charge in [0.1, 0.15) is 0 Å². The summed E-state index contributed by atoms with van der Waals surface area (Å²) in [5.41, 5.74) is 12.1. The Morgan fingerprint density at radius 3 is 0.938 bits per heavy atom. The van der Waals surface area contributed by atoms with Crippen LogP contribution in [0.2, 0.25) is 0 Å². The van der Waals surface area contributed by atoms with E-state index in [1.807, 2.05) is 36.4 Å². The van der Waals surface area contributed by atoms with Crippen molar-refractivity contribution in [2.45, 2.75) is 0 Å². The van der Waals surface area contributed by atoms with E-state index in [1.54, 1.807) is 0 Å². The van der Waals surface area contributed by atoms with Crippen molar-refractivity contribution in [1.29, 1.82) is 0 Å². The minimum absolute atomic E-state index is 0.635. The monoisotopic (exact) mass is 613 g/mol. The maximum Gasteiger partial charge on any atom is 0.164 e. The van der Waals surface area contributed by atoms with Crippen LogP contribution in [0.15, 0.2) is 188 Å². The third-order valence-corrected chi connectivity index (χ3v) is 8.52. The van der Waals surface area contributed by atoms with Gasteiger partial charge in [-0.1, -0.05) is 164 Å². The van der Waals surface area contributed by atoms with Gasteiger partial charge in [-0.3, -0.25) is 0 Å². The molecule has 0 aliphatic carbocycles. The zero-order valence-corrected chi connectivity index (χ0v) is 26.2. The molecule has 1 aromatic heterocycles. The van der Waals surface area contributed by atoms with Crippen molar-refractivity contribution in [2.24, 2.45) is 0 Å². The van der Waals surface area contributed by atoms with Crippen LogP contribution in [0.1, 0.15) is 0 Å². The van der Waals surface area contributed by atoms with Gasteiger partial charge in [0.2, 0.25) is 0 Å². The van der Waals surface area contributed by atoms with Gasteiger partial charge in [0, 0.05) is 16.7 Å². The van der Waals surface area contributed by atoms with E-state index < -0.39 is 0 Å². The Morgan fingerprint density at radius 2 is 0.458 bits per heavy atom. The molecule has 8 rings (SSSR count). The fourth-order valence-electron chi connectivity index (χ4n) is 6.02. The first-order valence-electron chi connectivity index (χ1n) is 16.1. The summed E-state index contributed by atoms with van der Waals surface area (Å²) in [5, 5.41) is 0. The van der Waals surface area contributed by atoms with Crippen molar-refractivity contribution in [1.82, 2.24) is 15.0 Å². The maximum atomic E-state index is 5.04. The molecule has 0 bridgehead atoms. The van der Waals surface area contributed by atoms with E-state index in [4.69, 9.17) is 15.0 Å². The molecule has 1 heterocycles. The van der Waals surface area contributed by atoms with E-state index in [9.17, 15) is 0 Å². The summed E-state index contributed by atoms with van der Waals surface area (Å²) in [6.45, 7) is 0. The lowest BCUT2D eigenvalue weighted by Crippen LogP contribution is -2.00. The Morgan fingerprint density at radius 1 is 0.188 bits per heavy atom. The molecule has 0 aliphatic rings. The van der Waals surface area contributed by atoms with Gasteiger partial charge in [0.05, 0.1) is 0 Å². The van der Waals surface area contributed by atoms with Crippen molar-refractivity contribution in [2.75, 3.05) is 0 Å². The molecule has 0 radical (unpaired) electrons. The number of rotatable bonds is 7. The molecule has 0 amide bonds. The lowest BCUT2D eigenvalue weighted by Gasteiger charge is -2.13. The molecule has 0 spiro atoms. The molecule has 0 saturated carbocycles. The first-order chi connectivity index (χ1) is 23.8. The molecule has 226 valence electrons. The van der Waals surface area contributed by atoms with Crippen LogP contribution >= 0.6 is 0 Å². The van der Waals surface area contributed by atoms with E-state index in [2.05, 4.69) is 152 Å². The Labute approximate surface area is 280 Å². The van der Waals surface area contributed by atoms with E-state index in [0.29, 0.717) is 17.5 Å². The standard InChI is InChI=1S/C45H31N3/c1-5-14-32(15-6-1)35-24-26-37(27-25-35)44-46-43(36-20-11-4-12-21-36)47-45(48-44)39-23-13-22-38(28-39)42-30-40(33-16-7-2-8-17-33)29-41(31-42)34-18-9-3-10-19-34/h1-31H. The van der Waals surface area contributed by atoms with Crippen LogP contribution in [0, 0.1) is 0 Å². The molecule has 0 atom stereocenters. The second kappa shape index (κ2) is 13.1. The minimum atomic E-state index is 0.635. The SMILES string of the molecule is c1ccc(-c2ccc(-c3nc(-c4ccccc4)nc(-c4cccc(-c5cc(-c6ccccc6)cc(-c6ccccc6)c5)c4)n3)cc2)cc1. The van der Waals surface area contributed by atoms with Crippen molar-refractivity contribution < 1.29 is 0 Å². The molecule has 0 saturated heterocycles. The number of aromatic nitrogens is 3. The number of nitrogens with zero attached hydrogens (tertiary/aromatic N) is 3. The highest BCUT2D eigenvalue weighted by molar-refractivity contribution is 5.82. The van der Waals surface area contributed by atoms with Crippen LogP contribution in [0.4, 0.5) is 0 Å². The Balaban J connectivity index is 1.23. The molecule has 8 aromatic rings. The Bertz CT molecular complexity index is 2240. The predicted octanol–water partition coefficient (Wildman–Crippen LogP) is 11.5. The van der Waals surface area contributed by atoms with E-state index in [-0.39, 0.29) is 0 Å². The van der Waals surface area contributed by atoms with Gasteiger partial charge in [-0.15, -0.1) is 0 Å². The quantitative estimate of drug-likeness (QED) is 0.179. The van der Waals surface area contributed by atoms with Crippen molar-refractivity contribution >= 4 is 0 Å². The first kappa shape index (κ1) is 29.0.